The highest BCUT2D eigenvalue weighted by Crippen LogP contribution is 2.32. The molecule has 0 atom stereocenters. The molecule has 4 rings (SSSR count). The minimum absolute atomic E-state index is 0.0121. The van der Waals surface area contributed by atoms with Gasteiger partial charge in [-0.2, -0.15) is 0 Å². The topological polar surface area (TPSA) is 93.5 Å². The minimum atomic E-state index is -0.837. The summed E-state index contributed by atoms with van der Waals surface area (Å²) in [7, 11) is 0. The van der Waals surface area contributed by atoms with Crippen molar-refractivity contribution in [2.24, 2.45) is 0 Å². The SMILES string of the molecule is CCN(C(=N)CCCc1ccc(-c2cccc(CC(=O)O)c2)cc1)C(=O)NCc1ccc(C2CCCCC2)cc1. The predicted octanol–water partition coefficient (Wildman–Crippen LogP) is 7.56. The van der Waals surface area contributed by atoms with Crippen LogP contribution in [0.2, 0.25) is 0 Å². The van der Waals surface area contributed by atoms with Crippen LogP contribution in [0.15, 0.2) is 72.8 Å². The Morgan fingerprint density at radius 3 is 2.27 bits per heavy atom. The molecule has 0 bridgehead atoms. The van der Waals surface area contributed by atoms with Crippen molar-refractivity contribution >= 4 is 17.8 Å². The lowest BCUT2D eigenvalue weighted by molar-refractivity contribution is -0.136. The maximum absolute atomic E-state index is 12.8. The number of hydrogen-bond acceptors (Lipinski definition) is 3. The van der Waals surface area contributed by atoms with E-state index < -0.39 is 5.97 Å². The first-order chi connectivity index (χ1) is 19.4. The Balaban J connectivity index is 1.22. The molecule has 0 radical (unpaired) electrons. The quantitative estimate of drug-likeness (QED) is 0.173. The standard InChI is InChI=1S/C34H41N3O3/c1-2-37(34(40)36-24-26-16-20-29(21-17-26)28-10-4-3-5-11-28)32(35)13-7-8-25-14-18-30(19-15-25)31-12-6-9-27(22-31)23-33(38)39/h6,9,12,14-22,28,35H,2-5,7-8,10-11,13,23-24H2,1H3,(H,36,40)(H,38,39). The van der Waals surface area contributed by atoms with E-state index >= 15 is 0 Å². The maximum Gasteiger partial charge on any atom is 0.323 e. The highest BCUT2D eigenvalue weighted by Gasteiger charge is 2.17. The smallest absolute Gasteiger partial charge is 0.323 e. The first kappa shape index (κ1) is 29.1. The molecule has 3 N–H and O–H groups in total. The van der Waals surface area contributed by atoms with Gasteiger partial charge in [-0.3, -0.25) is 15.1 Å². The van der Waals surface area contributed by atoms with E-state index in [1.165, 1.54) is 48.1 Å². The van der Waals surface area contributed by atoms with Crippen molar-refractivity contribution in [2.45, 2.75) is 77.2 Å². The van der Waals surface area contributed by atoms with Gasteiger partial charge in [-0.15, -0.1) is 0 Å². The Labute approximate surface area is 237 Å². The fourth-order valence-electron chi connectivity index (χ4n) is 5.57. The van der Waals surface area contributed by atoms with Gasteiger partial charge in [0.15, 0.2) is 0 Å². The fourth-order valence-corrected chi connectivity index (χ4v) is 5.57. The molecule has 0 aromatic heterocycles. The number of rotatable bonds is 11. The Morgan fingerprint density at radius 2 is 1.60 bits per heavy atom. The van der Waals surface area contributed by atoms with Gasteiger partial charge in [-0.05, 0) is 71.9 Å². The Bertz CT molecular complexity index is 1280. The highest BCUT2D eigenvalue weighted by molar-refractivity contribution is 5.95. The lowest BCUT2D eigenvalue weighted by atomic mass is 9.84. The van der Waals surface area contributed by atoms with Crippen LogP contribution in [-0.4, -0.2) is 34.4 Å². The number of aryl methyl sites for hydroxylation is 1. The third kappa shape index (κ3) is 8.28. The van der Waals surface area contributed by atoms with Crippen molar-refractivity contribution in [3.05, 3.63) is 95.1 Å². The van der Waals surface area contributed by atoms with Crippen molar-refractivity contribution in [1.29, 1.82) is 5.41 Å². The third-order valence-corrected chi connectivity index (χ3v) is 7.84. The number of carboxylic acids is 1. The van der Waals surface area contributed by atoms with Crippen LogP contribution in [0.4, 0.5) is 4.79 Å². The van der Waals surface area contributed by atoms with Crippen LogP contribution in [0.25, 0.3) is 11.1 Å². The molecule has 0 unspecified atom stereocenters. The van der Waals surface area contributed by atoms with Crippen LogP contribution in [0.5, 0.6) is 0 Å². The van der Waals surface area contributed by atoms with Gasteiger partial charge in [-0.25, -0.2) is 4.79 Å². The molecule has 0 spiro atoms. The van der Waals surface area contributed by atoms with Crippen LogP contribution < -0.4 is 5.32 Å². The van der Waals surface area contributed by atoms with Crippen LogP contribution in [0.1, 0.15) is 80.0 Å². The Morgan fingerprint density at radius 1 is 0.900 bits per heavy atom. The van der Waals surface area contributed by atoms with Crippen LogP contribution >= 0.6 is 0 Å². The first-order valence-corrected chi connectivity index (χ1v) is 14.5. The average molecular weight is 540 g/mol. The fraction of sp³-hybridized carbons (Fsp3) is 0.382. The van der Waals surface area contributed by atoms with E-state index in [1.807, 2.05) is 43.3 Å². The summed E-state index contributed by atoms with van der Waals surface area (Å²) in [5, 5.41) is 20.5. The highest BCUT2D eigenvalue weighted by atomic mass is 16.4. The number of amidine groups is 1. The van der Waals surface area contributed by atoms with Gasteiger partial charge < -0.3 is 10.4 Å². The zero-order valence-corrected chi connectivity index (χ0v) is 23.5. The molecular formula is C34H41N3O3. The lowest BCUT2D eigenvalue weighted by Crippen LogP contribution is -2.43. The van der Waals surface area contributed by atoms with Crippen molar-refractivity contribution in [3.63, 3.8) is 0 Å². The molecule has 210 valence electrons. The van der Waals surface area contributed by atoms with E-state index in [1.54, 1.807) is 0 Å². The van der Waals surface area contributed by atoms with Crippen molar-refractivity contribution in [3.8, 4) is 11.1 Å². The molecule has 6 heteroatoms. The van der Waals surface area contributed by atoms with E-state index in [4.69, 9.17) is 10.5 Å². The number of hydrogen-bond donors (Lipinski definition) is 3. The van der Waals surface area contributed by atoms with Crippen LogP contribution in [-0.2, 0) is 24.2 Å². The zero-order valence-electron chi connectivity index (χ0n) is 23.5. The lowest BCUT2D eigenvalue weighted by Gasteiger charge is -2.23. The molecule has 1 saturated carbocycles. The van der Waals surface area contributed by atoms with E-state index in [2.05, 4.69) is 41.7 Å². The average Bonchev–Trinajstić information content (AvgIpc) is 2.97. The molecule has 1 fully saturated rings. The second kappa shape index (κ2) is 14.5. The molecule has 6 nitrogen and oxygen atoms in total. The Hall–Kier alpha value is -3.93. The number of urea groups is 1. The molecule has 40 heavy (non-hydrogen) atoms. The number of carboxylic acid groups (broad SMARTS) is 1. The summed E-state index contributed by atoms with van der Waals surface area (Å²) in [6.07, 6.45) is 8.67. The predicted molar refractivity (Wildman–Crippen MR) is 161 cm³/mol. The summed E-state index contributed by atoms with van der Waals surface area (Å²) in [6, 6.07) is 24.3. The summed E-state index contributed by atoms with van der Waals surface area (Å²) < 4.78 is 0. The summed E-state index contributed by atoms with van der Waals surface area (Å²) in [5.41, 5.74) is 6.48. The van der Waals surface area contributed by atoms with Crippen LogP contribution in [0.3, 0.4) is 0 Å². The Kier molecular flexibility index (Phi) is 10.5. The summed E-state index contributed by atoms with van der Waals surface area (Å²) >= 11 is 0. The molecule has 3 aromatic carbocycles. The van der Waals surface area contributed by atoms with Gasteiger partial charge in [0, 0.05) is 19.5 Å². The molecule has 0 heterocycles. The number of carbonyl (C=O) groups excluding carboxylic acids is 1. The number of amides is 2. The molecule has 0 saturated heterocycles. The summed E-state index contributed by atoms with van der Waals surface area (Å²) in [6.45, 7) is 2.82. The monoisotopic (exact) mass is 539 g/mol. The van der Waals surface area contributed by atoms with Gasteiger partial charge >= 0.3 is 12.0 Å². The second-order valence-corrected chi connectivity index (χ2v) is 10.7. The maximum atomic E-state index is 12.8. The third-order valence-electron chi connectivity index (χ3n) is 7.84. The number of carbonyl (C=O) groups is 2. The van der Waals surface area contributed by atoms with Gasteiger partial charge in [0.2, 0.25) is 0 Å². The first-order valence-electron chi connectivity index (χ1n) is 14.5. The summed E-state index contributed by atoms with van der Waals surface area (Å²) in [4.78, 5) is 25.4. The largest absolute Gasteiger partial charge is 0.481 e. The number of benzene rings is 3. The van der Waals surface area contributed by atoms with E-state index in [0.717, 1.165) is 35.1 Å². The number of aliphatic carboxylic acids is 1. The molecule has 1 aliphatic rings. The van der Waals surface area contributed by atoms with Gasteiger partial charge in [0.1, 0.15) is 5.84 Å². The molecule has 0 aliphatic heterocycles. The van der Waals surface area contributed by atoms with Crippen molar-refractivity contribution in [2.75, 3.05) is 6.54 Å². The molecular weight excluding hydrogens is 498 g/mol. The molecule has 2 amide bonds. The van der Waals surface area contributed by atoms with Crippen molar-refractivity contribution in [1.82, 2.24) is 10.2 Å². The normalized spacial score (nSPS) is 13.5. The second-order valence-electron chi connectivity index (χ2n) is 10.7. The molecule has 3 aromatic rings. The van der Waals surface area contributed by atoms with Gasteiger partial charge in [0.25, 0.3) is 0 Å². The van der Waals surface area contributed by atoms with Gasteiger partial charge in [-0.1, -0.05) is 92.1 Å². The minimum Gasteiger partial charge on any atom is -0.481 e. The van der Waals surface area contributed by atoms with E-state index in [-0.39, 0.29) is 12.5 Å². The van der Waals surface area contributed by atoms with E-state index in [0.29, 0.717) is 31.3 Å². The zero-order chi connectivity index (χ0) is 28.3. The molecule has 1 aliphatic carbocycles. The van der Waals surface area contributed by atoms with Crippen molar-refractivity contribution < 1.29 is 14.7 Å². The van der Waals surface area contributed by atoms with Crippen LogP contribution in [0, 0.1) is 5.41 Å². The number of nitrogens with one attached hydrogen (secondary N) is 2. The number of nitrogens with zero attached hydrogens (tertiary/aromatic N) is 1. The summed E-state index contributed by atoms with van der Waals surface area (Å²) in [5.74, 6) is 0.171. The van der Waals surface area contributed by atoms with E-state index in [9.17, 15) is 9.59 Å². The van der Waals surface area contributed by atoms with Gasteiger partial charge in [0.05, 0.1) is 6.42 Å².